The summed E-state index contributed by atoms with van der Waals surface area (Å²) in [5.41, 5.74) is 0.603. The maximum Gasteiger partial charge on any atom is 0.187 e. The van der Waals surface area contributed by atoms with E-state index < -0.39 is 0 Å². The number of hydrogen-bond acceptors (Lipinski definition) is 3. The number of carbonyl (C=O) groups is 1. The van der Waals surface area contributed by atoms with Gasteiger partial charge in [-0.05, 0) is 13.3 Å². The Labute approximate surface area is 96.6 Å². The molecule has 0 aromatic carbocycles. The van der Waals surface area contributed by atoms with E-state index in [0.717, 1.165) is 12.8 Å². The van der Waals surface area contributed by atoms with Gasteiger partial charge in [-0.15, -0.1) is 0 Å². The molecule has 0 N–H and O–H groups in total. The van der Waals surface area contributed by atoms with Gasteiger partial charge in [0.05, 0.1) is 13.3 Å². The molecule has 16 heavy (non-hydrogen) atoms. The minimum absolute atomic E-state index is 0.0286. The molecule has 0 fully saturated rings. The summed E-state index contributed by atoms with van der Waals surface area (Å²) in [6.45, 7) is 6.69. The summed E-state index contributed by atoms with van der Waals surface area (Å²) in [7, 11) is 1.57. The Morgan fingerprint density at radius 3 is 2.75 bits per heavy atom. The first kappa shape index (κ1) is 12.7. The SMILES string of the molecule is CCCC(C)C(=O)c1c(OC)cnn1CC. The molecule has 0 aliphatic heterocycles. The van der Waals surface area contributed by atoms with Gasteiger partial charge in [-0.1, -0.05) is 20.3 Å². The lowest BCUT2D eigenvalue weighted by molar-refractivity contribution is 0.0909. The molecule has 4 heteroatoms. The molecule has 0 aliphatic carbocycles. The number of hydrogen-bond donors (Lipinski definition) is 0. The first-order valence-corrected chi connectivity index (χ1v) is 5.79. The summed E-state index contributed by atoms with van der Waals surface area (Å²) in [6.07, 6.45) is 3.52. The largest absolute Gasteiger partial charge is 0.493 e. The highest BCUT2D eigenvalue weighted by atomic mass is 16.5. The van der Waals surface area contributed by atoms with Crippen molar-refractivity contribution < 1.29 is 9.53 Å². The van der Waals surface area contributed by atoms with E-state index in [-0.39, 0.29) is 11.7 Å². The highest BCUT2D eigenvalue weighted by Gasteiger charge is 2.23. The molecule has 0 amide bonds. The molecule has 0 bridgehead atoms. The average Bonchev–Trinajstić information content (AvgIpc) is 2.70. The molecule has 1 heterocycles. The van der Waals surface area contributed by atoms with E-state index in [4.69, 9.17) is 4.74 Å². The number of carbonyl (C=O) groups excluding carboxylic acids is 1. The van der Waals surface area contributed by atoms with Crippen LogP contribution in [0.1, 0.15) is 44.1 Å². The van der Waals surface area contributed by atoms with Crippen LogP contribution < -0.4 is 4.74 Å². The Bertz CT molecular complexity index is 336. The van der Waals surface area contributed by atoms with Crippen molar-refractivity contribution in [3.63, 3.8) is 0 Å². The lowest BCUT2D eigenvalue weighted by atomic mass is 9.98. The minimum Gasteiger partial charge on any atom is -0.493 e. The zero-order valence-corrected chi connectivity index (χ0v) is 10.5. The molecule has 0 saturated heterocycles. The van der Waals surface area contributed by atoms with Crippen LogP contribution in [0.3, 0.4) is 0 Å². The standard InChI is InChI=1S/C12H20N2O2/c1-5-7-9(3)12(15)11-10(16-4)8-13-14(11)6-2/h8-9H,5-7H2,1-4H3. The number of rotatable bonds is 6. The quantitative estimate of drug-likeness (QED) is 0.697. The predicted molar refractivity (Wildman–Crippen MR) is 62.9 cm³/mol. The normalized spacial score (nSPS) is 12.5. The first-order chi connectivity index (χ1) is 7.65. The third kappa shape index (κ3) is 2.43. The van der Waals surface area contributed by atoms with E-state index in [9.17, 15) is 4.79 Å². The van der Waals surface area contributed by atoms with Crippen molar-refractivity contribution in [3.8, 4) is 5.75 Å². The average molecular weight is 224 g/mol. The molecule has 1 unspecified atom stereocenters. The summed E-state index contributed by atoms with van der Waals surface area (Å²) in [6, 6.07) is 0. The van der Waals surface area contributed by atoms with Crippen LogP contribution >= 0.6 is 0 Å². The Kier molecular flexibility index (Phi) is 4.52. The van der Waals surface area contributed by atoms with Crippen LogP contribution in [0.15, 0.2) is 6.20 Å². The van der Waals surface area contributed by atoms with E-state index in [1.807, 2.05) is 13.8 Å². The highest BCUT2D eigenvalue weighted by Crippen LogP contribution is 2.22. The van der Waals surface area contributed by atoms with E-state index in [0.29, 0.717) is 18.0 Å². The lowest BCUT2D eigenvalue weighted by Crippen LogP contribution is -2.17. The molecule has 1 atom stereocenters. The van der Waals surface area contributed by atoms with Crippen molar-refractivity contribution in [1.82, 2.24) is 9.78 Å². The molecule has 4 nitrogen and oxygen atoms in total. The number of methoxy groups -OCH3 is 1. The Hall–Kier alpha value is -1.32. The van der Waals surface area contributed by atoms with Gasteiger partial charge in [-0.2, -0.15) is 5.10 Å². The fourth-order valence-corrected chi connectivity index (χ4v) is 1.80. The monoisotopic (exact) mass is 224 g/mol. The number of Topliss-reactive ketones (excluding diaryl/α,β-unsaturated/α-hetero) is 1. The van der Waals surface area contributed by atoms with Crippen LogP contribution in [0.25, 0.3) is 0 Å². The van der Waals surface area contributed by atoms with Crippen molar-refractivity contribution in [2.24, 2.45) is 5.92 Å². The molecule has 1 aromatic rings. The van der Waals surface area contributed by atoms with Gasteiger partial charge in [0.2, 0.25) is 0 Å². The van der Waals surface area contributed by atoms with Crippen molar-refractivity contribution >= 4 is 5.78 Å². The number of aryl methyl sites for hydroxylation is 1. The summed E-state index contributed by atoms with van der Waals surface area (Å²) in [5.74, 6) is 0.730. The maximum absolute atomic E-state index is 12.2. The molecular weight excluding hydrogens is 204 g/mol. The van der Waals surface area contributed by atoms with Crippen molar-refractivity contribution in [2.75, 3.05) is 7.11 Å². The van der Waals surface area contributed by atoms with Gasteiger partial charge >= 0.3 is 0 Å². The van der Waals surface area contributed by atoms with Crippen LogP contribution in [0.5, 0.6) is 5.75 Å². The number of ether oxygens (including phenoxy) is 1. The van der Waals surface area contributed by atoms with Gasteiger partial charge in [-0.3, -0.25) is 9.48 Å². The van der Waals surface area contributed by atoms with Gasteiger partial charge in [-0.25, -0.2) is 0 Å². The molecule has 0 radical (unpaired) electrons. The van der Waals surface area contributed by atoms with Crippen molar-refractivity contribution in [2.45, 2.75) is 40.2 Å². The summed E-state index contributed by atoms with van der Waals surface area (Å²) in [4.78, 5) is 12.2. The minimum atomic E-state index is 0.0286. The third-order valence-electron chi connectivity index (χ3n) is 2.73. The smallest absolute Gasteiger partial charge is 0.187 e. The Morgan fingerprint density at radius 2 is 2.25 bits per heavy atom. The molecule has 90 valence electrons. The second-order valence-corrected chi connectivity index (χ2v) is 3.93. The summed E-state index contributed by atoms with van der Waals surface area (Å²) < 4.78 is 6.87. The van der Waals surface area contributed by atoms with E-state index >= 15 is 0 Å². The molecule has 1 rings (SSSR count). The lowest BCUT2D eigenvalue weighted by Gasteiger charge is -2.11. The van der Waals surface area contributed by atoms with Crippen LogP contribution in [0.2, 0.25) is 0 Å². The van der Waals surface area contributed by atoms with Crippen LogP contribution in [-0.4, -0.2) is 22.7 Å². The van der Waals surface area contributed by atoms with Crippen molar-refractivity contribution in [3.05, 3.63) is 11.9 Å². The zero-order chi connectivity index (χ0) is 12.1. The van der Waals surface area contributed by atoms with Crippen LogP contribution in [0.4, 0.5) is 0 Å². The fraction of sp³-hybridized carbons (Fsp3) is 0.667. The Morgan fingerprint density at radius 1 is 1.56 bits per heavy atom. The van der Waals surface area contributed by atoms with Gasteiger partial charge < -0.3 is 4.74 Å². The predicted octanol–water partition coefficient (Wildman–Crippen LogP) is 2.53. The van der Waals surface area contributed by atoms with Gasteiger partial charge in [0, 0.05) is 12.5 Å². The number of aromatic nitrogens is 2. The topological polar surface area (TPSA) is 44.1 Å². The van der Waals surface area contributed by atoms with Gasteiger partial charge in [0.15, 0.2) is 11.5 Å². The van der Waals surface area contributed by atoms with Crippen molar-refractivity contribution in [1.29, 1.82) is 0 Å². The summed E-state index contributed by atoms with van der Waals surface area (Å²) in [5, 5.41) is 4.14. The van der Waals surface area contributed by atoms with Crippen LogP contribution in [0, 0.1) is 5.92 Å². The summed E-state index contributed by atoms with van der Waals surface area (Å²) >= 11 is 0. The van der Waals surface area contributed by atoms with Gasteiger partial charge in [0.25, 0.3) is 0 Å². The highest BCUT2D eigenvalue weighted by molar-refractivity contribution is 5.98. The second kappa shape index (κ2) is 5.68. The Balaban J connectivity index is 3.00. The second-order valence-electron chi connectivity index (χ2n) is 3.93. The molecule has 0 saturated carbocycles. The zero-order valence-electron chi connectivity index (χ0n) is 10.5. The van der Waals surface area contributed by atoms with E-state index in [1.54, 1.807) is 18.0 Å². The van der Waals surface area contributed by atoms with E-state index in [1.165, 1.54) is 0 Å². The fourth-order valence-electron chi connectivity index (χ4n) is 1.80. The maximum atomic E-state index is 12.2. The molecule has 0 aliphatic rings. The van der Waals surface area contributed by atoms with Crippen LogP contribution in [-0.2, 0) is 6.54 Å². The van der Waals surface area contributed by atoms with Gasteiger partial charge in [0.1, 0.15) is 5.69 Å². The molecule has 1 aromatic heterocycles. The molecule has 0 spiro atoms. The third-order valence-corrected chi connectivity index (χ3v) is 2.73. The molecular formula is C12H20N2O2. The van der Waals surface area contributed by atoms with E-state index in [2.05, 4.69) is 12.0 Å². The number of nitrogens with zero attached hydrogens (tertiary/aromatic N) is 2. The number of ketones is 1. The first-order valence-electron chi connectivity index (χ1n) is 5.79.